The Bertz CT molecular complexity index is 1900. The van der Waals surface area contributed by atoms with Crippen LogP contribution in [0.15, 0.2) is 119 Å². The van der Waals surface area contributed by atoms with E-state index in [1.807, 2.05) is 78.9 Å². The molecule has 0 fully saturated rings. The maximum Gasteiger partial charge on any atom is 0.262 e. The third-order valence-electron chi connectivity index (χ3n) is 6.35. The van der Waals surface area contributed by atoms with Crippen molar-refractivity contribution in [3.05, 3.63) is 137 Å². The lowest BCUT2D eigenvalue weighted by Gasteiger charge is -2.13. The van der Waals surface area contributed by atoms with Crippen molar-refractivity contribution in [2.45, 2.75) is 0 Å². The summed E-state index contributed by atoms with van der Waals surface area (Å²) < 4.78 is 0. The molecule has 0 radical (unpaired) electrons. The Labute approximate surface area is 229 Å². The average Bonchev–Trinajstić information content (AvgIpc) is 3.28. The summed E-state index contributed by atoms with van der Waals surface area (Å²) in [7, 11) is 0. The van der Waals surface area contributed by atoms with Gasteiger partial charge in [-0.25, -0.2) is 15.1 Å². The molecule has 5 aromatic rings. The average molecular weight is 520 g/mol. The van der Waals surface area contributed by atoms with Crippen molar-refractivity contribution < 1.29 is 0 Å². The predicted octanol–water partition coefficient (Wildman–Crippen LogP) is 4.94. The zero-order valence-corrected chi connectivity index (χ0v) is 21.1. The Hall–Kier alpha value is -6.01. The van der Waals surface area contributed by atoms with Gasteiger partial charge in [-0.15, -0.1) is 5.10 Å². The maximum atomic E-state index is 9.52. The molecule has 0 aliphatic carbocycles. The second-order valence-corrected chi connectivity index (χ2v) is 8.84. The highest BCUT2D eigenvalue weighted by Crippen LogP contribution is 2.27. The normalized spacial score (nSPS) is 13.8. The number of hydrogen-bond donors (Lipinski definition) is 3. The van der Waals surface area contributed by atoms with Gasteiger partial charge in [-0.1, -0.05) is 97.1 Å². The summed E-state index contributed by atoms with van der Waals surface area (Å²) in [5.74, 6) is 0.248. The van der Waals surface area contributed by atoms with Crippen LogP contribution in [0.5, 0.6) is 0 Å². The van der Waals surface area contributed by atoms with Gasteiger partial charge in [0.25, 0.3) is 5.62 Å². The van der Waals surface area contributed by atoms with Crippen molar-refractivity contribution in [1.82, 2.24) is 20.2 Å². The van der Waals surface area contributed by atoms with Crippen molar-refractivity contribution in [1.29, 1.82) is 16.1 Å². The van der Waals surface area contributed by atoms with Crippen LogP contribution < -0.4 is 5.62 Å². The summed E-state index contributed by atoms with van der Waals surface area (Å²) >= 11 is 0. The van der Waals surface area contributed by atoms with E-state index in [1.54, 1.807) is 30.3 Å². The number of aromatic nitrogens is 3. The zero-order chi connectivity index (χ0) is 27.5. The van der Waals surface area contributed by atoms with Crippen LogP contribution in [0.4, 0.5) is 0 Å². The predicted molar refractivity (Wildman–Crippen MR) is 152 cm³/mol. The van der Waals surface area contributed by atoms with Crippen LogP contribution in [-0.4, -0.2) is 37.7 Å². The molecule has 0 saturated carbocycles. The topological polar surface area (TPSA) is 141 Å². The van der Waals surface area contributed by atoms with Gasteiger partial charge in [0.15, 0.2) is 17.5 Å². The van der Waals surface area contributed by atoms with Crippen molar-refractivity contribution in [3.63, 3.8) is 0 Å². The van der Waals surface area contributed by atoms with Gasteiger partial charge < -0.3 is 0 Å². The Kier molecular flexibility index (Phi) is 6.32. The van der Waals surface area contributed by atoms with Gasteiger partial charge in [-0.3, -0.25) is 10.8 Å². The van der Waals surface area contributed by atoms with Gasteiger partial charge in [0.05, 0.1) is 11.6 Å². The SMILES string of the molecule is N#Cc1ccccc1C(=N)N=C1c2ccccc2C(=N)N1/N=c1/nc(-c2ccccc2)c(-c2ccccc2)n[nH]1. The molecule has 3 N–H and O–H groups in total. The monoisotopic (exact) mass is 519 g/mol. The zero-order valence-electron chi connectivity index (χ0n) is 21.1. The Balaban J connectivity index is 1.50. The molecule has 190 valence electrons. The van der Waals surface area contributed by atoms with Crippen LogP contribution in [0.25, 0.3) is 22.5 Å². The van der Waals surface area contributed by atoms with Crippen LogP contribution >= 0.6 is 0 Å². The molecule has 0 bridgehead atoms. The molecule has 1 aromatic heterocycles. The van der Waals surface area contributed by atoms with Crippen LogP contribution in [-0.2, 0) is 0 Å². The fraction of sp³-hybridized carbons (Fsp3) is 0. The minimum Gasteiger partial charge on any atom is -0.282 e. The van der Waals surface area contributed by atoms with Gasteiger partial charge in [-0.05, 0) is 12.1 Å². The Morgan fingerprint density at radius 3 is 2.08 bits per heavy atom. The molecule has 0 atom stereocenters. The molecule has 1 aliphatic rings. The van der Waals surface area contributed by atoms with Crippen molar-refractivity contribution in [3.8, 4) is 28.6 Å². The molecule has 9 heteroatoms. The molecular weight excluding hydrogens is 498 g/mol. The summed E-state index contributed by atoms with van der Waals surface area (Å²) in [4.78, 5) is 9.35. The lowest BCUT2D eigenvalue weighted by molar-refractivity contribution is 0.614. The molecule has 0 spiro atoms. The maximum absolute atomic E-state index is 9.52. The minimum atomic E-state index is -0.115. The smallest absolute Gasteiger partial charge is 0.262 e. The number of rotatable bonds is 4. The van der Waals surface area contributed by atoms with Crippen LogP contribution in [0.3, 0.4) is 0 Å². The number of amidine groups is 3. The fourth-order valence-electron chi connectivity index (χ4n) is 4.45. The van der Waals surface area contributed by atoms with E-state index in [1.165, 1.54) is 5.01 Å². The largest absolute Gasteiger partial charge is 0.282 e. The Morgan fingerprint density at radius 1 is 0.775 bits per heavy atom. The van der Waals surface area contributed by atoms with E-state index in [2.05, 4.69) is 26.4 Å². The number of nitriles is 1. The standard InChI is InChI=1S/C31H21N9/c32-19-22-15-7-8-16-23(22)28(33)36-30-25-18-10-9-17-24(25)29(34)40(30)39-31-35-26(20-11-3-1-4-12-20)27(37-38-31)21-13-5-2-6-14-21/h1-18,33-34H,(H,35,38,39). The van der Waals surface area contributed by atoms with Gasteiger partial charge >= 0.3 is 0 Å². The summed E-state index contributed by atoms with van der Waals surface area (Å²) in [6, 6.07) is 35.7. The fourth-order valence-corrected chi connectivity index (χ4v) is 4.45. The van der Waals surface area contributed by atoms with E-state index in [0.717, 1.165) is 11.1 Å². The first-order valence-corrected chi connectivity index (χ1v) is 12.4. The van der Waals surface area contributed by atoms with Crippen molar-refractivity contribution >= 4 is 17.5 Å². The number of hydrogen-bond acceptors (Lipinski definition) is 6. The number of aliphatic imine (C=N–C) groups is 1. The van der Waals surface area contributed by atoms with E-state index in [4.69, 9.17) is 15.8 Å². The molecule has 0 unspecified atom stereocenters. The molecule has 0 amide bonds. The quantitative estimate of drug-likeness (QED) is 0.228. The van der Waals surface area contributed by atoms with Gasteiger partial charge in [0.1, 0.15) is 11.4 Å². The van der Waals surface area contributed by atoms with Crippen LogP contribution in [0.1, 0.15) is 22.3 Å². The second-order valence-electron chi connectivity index (χ2n) is 8.84. The van der Waals surface area contributed by atoms with Crippen LogP contribution in [0, 0.1) is 22.1 Å². The Morgan fingerprint density at radius 2 is 1.38 bits per heavy atom. The summed E-state index contributed by atoms with van der Waals surface area (Å²) in [6.07, 6.45) is 0. The third-order valence-corrected chi connectivity index (χ3v) is 6.35. The number of nitrogens with one attached hydrogen (secondary N) is 3. The van der Waals surface area contributed by atoms with E-state index in [0.29, 0.717) is 33.6 Å². The van der Waals surface area contributed by atoms with Crippen molar-refractivity contribution in [2.75, 3.05) is 0 Å². The summed E-state index contributed by atoms with van der Waals surface area (Å²) in [5, 5.41) is 40.5. The molecule has 40 heavy (non-hydrogen) atoms. The number of fused-ring (bicyclic) bond motifs is 1. The highest BCUT2D eigenvalue weighted by molar-refractivity contribution is 6.26. The van der Waals surface area contributed by atoms with Crippen molar-refractivity contribution in [2.24, 2.45) is 10.1 Å². The van der Waals surface area contributed by atoms with E-state index in [9.17, 15) is 5.26 Å². The number of aromatic amines is 1. The summed E-state index contributed by atoms with van der Waals surface area (Å²) in [6.45, 7) is 0. The first kappa shape index (κ1) is 24.3. The highest BCUT2D eigenvalue weighted by atomic mass is 15.5. The summed E-state index contributed by atoms with van der Waals surface area (Å²) in [5.41, 5.74) is 5.19. The van der Waals surface area contributed by atoms with E-state index < -0.39 is 0 Å². The number of benzene rings is 4. The molecule has 2 heterocycles. The molecule has 0 saturated heterocycles. The molecule has 6 rings (SSSR count). The lowest BCUT2D eigenvalue weighted by atomic mass is 10.0. The number of H-pyrrole nitrogens is 1. The first-order chi connectivity index (χ1) is 19.6. The molecule has 1 aliphatic heterocycles. The molecule has 9 nitrogen and oxygen atoms in total. The second kappa shape index (κ2) is 10.4. The first-order valence-electron chi connectivity index (χ1n) is 12.4. The van der Waals surface area contributed by atoms with E-state index >= 15 is 0 Å². The van der Waals surface area contributed by atoms with Gasteiger partial charge in [0, 0.05) is 27.8 Å². The van der Waals surface area contributed by atoms with Gasteiger partial charge in [-0.2, -0.15) is 15.4 Å². The minimum absolute atomic E-state index is 0.0827. The third kappa shape index (κ3) is 4.46. The lowest BCUT2D eigenvalue weighted by Crippen LogP contribution is -2.31. The number of nitrogens with zero attached hydrogens (tertiary/aromatic N) is 6. The molecule has 4 aromatic carbocycles. The highest BCUT2D eigenvalue weighted by Gasteiger charge is 2.31. The van der Waals surface area contributed by atoms with E-state index in [-0.39, 0.29) is 23.1 Å². The molecular formula is C31H21N9. The van der Waals surface area contributed by atoms with Gasteiger partial charge in [0.2, 0.25) is 0 Å². The van der Waals surface area contributed by atoms with Crippen LogP contribution in [0.2, 0.25) is 0 Å².